The van der Waals surface area contributed by atoms with Crippen molar-refractivity contribution in [2.24, 2.45) is 0 Å². The molecule has 0 bridgehead atoms. The van der Waals surface area contributed by atoms with E-state index in [4.69, 9.17) is 0 Å². The van der Waals surface area contributed by atoms with Gasteiger partial charge in [-0.1, -0.05) is 146 Å². The van der Waals surface area contributed by atoms with Gasteiger partial charge in [-0.2, -0.15) is 0 Å². The lowest BCUT2D eigenvalue weighted by Crippen LogP contribution is -2.11. The summed E-state index contributed by atoms with van der Waals surface area (Å²) in [6.45, 7) is 0. The summed E-state index contributed by atoms with van der Waals surface area (Å²) in [6.07, 6.45) is 0. The summed E-state index contributed by atoms with van der Waals surface area (Å²) in [5.41, 5.74) is 11.9. The van der Waals surface area contributed by atoms with Crippen LogP contribution in [0, 0.1) is 0 Å². The molecule has 272 valence electrons. The third-order valence-electron chi connectivity index (χ3n) is 11.6. The largest absolute Gasteiger partial charge is 0.310 e. The van der Waals surface area contributed by atoms with Crippen molar-refractivity contribution in [2.45, 2.75) is 0 Å². The Hall–Kier alpha value is -6.98. The molecule has 0 aliphatic carbocycles. The minimum atomic E-state index is 1.11. The maximum absolute atomic E-state index is 2.49. The number of thiophene rings is 2. The molecule has 3 heterocycles. The Morgan fingerprint density at radius 1 is 0.362 bits per heavy atom. The van der Waals surface area contributed by atoms with Crippen molar-refractivity contribution in [3.8, 4) is 27.9 Å². The summed E-state index contributed by atoms with van der Waals surface area (Å²) in [5.74, 6) is 0. The molecule has 0 atom stereocenters. The van der Waals surface area contributed by atoms with E-state index < -0.39 is 0 Å². The lowest BCUT2D eigenvalue weighted by Gasteiger charge is -2.28. The number of rotatable bonds is 6. The zero-order valence-electron chi connectivity index (χ0n) is 31.3. The Morgan fingerprint density at radius 3 is 1.74 bits per heavy atom. The second-order valence-corrected chi connectivity index (χ2v) is 17.0. The molecule has 4 heteroatoms. The molecular formula is C54H34N2S2. The summed E-state index contributed by atoms with van der Waals surface area (Å²) >= 11 is 3.76. The van der Waals surface area contributed by atoms with Crippen molar-refractivity contribution in [3.63, 3.8) is 0 Å². The van der Waals surface area contributed by atoms with E-state index >= 15 is 0 Å². The maximum Gasteiger partial charge on any atom is 0.0555 e. The second-order valence-electron chi connectivity index (χ2n) is 14.9. The number of hydrogen-bond acceptors (Lipinski definition) is 3. The van der Waals surface area contributed by atoms with Gasteiger partial charge in [0.25, 0.3) is 0 Å². The first-order valence-corrected chi connectivity index (χ1v) is 21.3. The normalized spacial score (nSPS) is 11.8. The van der Waals surface area contributed by atoms with E-state index in [0.29, 0.717) is 0 Å². The lowest BCUT2D eigenvalue weighted by molar-refractivity contribution is 1.17. The van der Waals surface area contributed by atoms with Crippen molar-refractivity contribution < 1.29 is 0 Å². The Bertz CT molecular complexity index is 3470. The predicted molar refractivity (Wildman–Crippen MR) is 252 cm³/mol. The van der Waals surface area contributed by atoms with Crippen LogP contribution in [0.5, 0.6) is 0 Å². The molecule has 0 unspecified atom stereocenters. The summed E-state index contributed by atoms with van der Waals surface area (Å²) in [7, 11) is 0. The molecule has 12 rings (SSSR count). The van der Waals surface area contributed by atoms with Gasteiger partial charge < -0.3 is 9.47 Å². The highest BCUT2D eigenvalue weighted by atomic mass is 32.1. The number of benzene rings is 9. The van der Waals surface area contributed by atoms with Gasteiger partial charge in [-0.25, -0.2) is 0 Å². The van der Waals surface area contributed by atoms with Gasteiger partial charge >= 0.3 is 0 Å². The Balaban J connectivity index is 1.11. The molecule has 2 nitrogen and oxygen atoms in total. The highest BCUT2D eigenvalue weighted by Crippen LogP contribution is 2.49. The molecule has 9 aromatic carbocycles. The molecule has 0 fully saturated rings. The molecule has 0 amide bonds. The second kappa shape index (κ2) is 13.3. The number of aromatic nitrogens is 1. The van der Waals surface area contributed by atoms with Gasteiger partial charge in [0.05, 0.1) is 16.7 Å². The van der Waals surface area contributed by atoms with E-state index in [9.17, 15) is 0 Å². The molecule has 0 radical (unpaired) electrons. The van der Waals surface area contributed by atoms with Crippen molar-refractivity contribution in [1.82, 2.24) is 4.57 Å². The van der Waals surface area contributed by atoms with Crippen LogP contribution in [0.2, 0.25) is 0 Å². The SMILES string of the molecule is c1ccc(-c2ccc3c(c2)sc2cc(N(c4cccc(-n5c6ccccc6c6ccccc65)c4)c4ccc(-c5ccccc5)c5sc6ccccc6c45)ccc23)cc1. The number of anilines is 3. The van der Waals surface area contributed by atoms with Crippen LogP contribution < -0.4 is 4.90 Å². The molecule has 0 saturated heterocycles. The molecule has 0 N–H and O–H groups in total. The van der Waals surface area contributed by atoms with Crippen LogP contribution >= 0.6 is 22.7 Å². The average molecular weight is 775 g/mol. The van der Waals surface area contributed by atoms with Gasteiger partial charge in [0.1, 0.15) is 0 Å². The molecule has 0 spiro atoms. The molecule has 0 saturated carbocycles. The van der Waals surface area contributed by atoms with Gasteiger partial charge in [0.2, 0.25) is 0 Å². The first-order chi connectivity index (χ1) is 28.8. The van der Waals surface area contributed by atoms with Crippen LogP contribution in [0.15, 0.2) is 206 Å². The molecular weight excluding hydrogens is 741 g/mol. The molecule has 0 aliphatic rings. The van der Waals surface area contributed by atoms with E-state index in [0.717, 1.165) is 17.1 Å². The summed E-state index contributed by atoms with van der Waals surface area (Å²) in [5, 5.41) is 7.64. The molecule has 58 heavy (non-hydrogen) atoms. The fourth-order valence-corrected chi connectivity index (χ4v) is 11.4. The first-order valence-electron chi connectivity index (χ1n) is 19.7. The standard InChI is InChI=1S/C54H34N2S2/c1-3-14-35(15-4-1)37-26-28-44-45-29-27-40(34-52(45)57-51(44)32-37)55(38-18-13-19-39(33-38)56-47-23-10-7-20-42(47)43-21-8-11-24-48(43)56)49-31-30-41(36-16-5-2-6-17-36)54-53(49)46-22-9-12-25-50(46)58-54/h1-34H. The molecule has 3 aromatic heterocycles. The summed E-state index contributed by atoms with van der Waals surface area (Å²) < 4.78 is 7.57. The number of fused-ring (bicyclic) bond motifs is 9. The maximum atomic E-state index is 2.49. The van der Waals surface area contributed by atoms with Crippen molar-refractivity contribution in [2.75, 3.05) is 4.90 Å². The third-order valence-corrected chi connectivity index (χ3v) is 13.9. The van der Waals surface area contributed by atoms with E-state index in [2.05, 4.69) is 216 Å². The van der Waals surface area contributed by atoms with Gasteiger partial charge in [-0.05, 0) is 82.9 Å². The predicted octanol–water partition coefficient (Wildman–Crippen LogP) is 16.3. The number of para-hydroxylation sites is 2. The van der Waals surface area contributed by atoms with Gasteiger partial charge in [0.15, 0.2) is 0 Å². The number of hydrogen-bond donors (Lipinski definition) is 0. The molecule has 12 aromatic rings. The van der Waals surface area contributed by atoms with Crippen LogP contribution in [-0.4, -0.2) is 4.57 Å². The fourth-order valence-electron chi connectivity index (χ4n) is 8.96. The van der Waals surface area contributed by atoms with Crippen LogP contribution in [0.3, 0.4) is 0 Å². The topological polar surface area (TPSA) is 8.17 Å². The van der Waals surface area contributed by atoms with E-state index in [1.54, 1.807) is 0 Å². The highest BCUT2D eigenvalue weighted by Gasteiger charge is 2.23. The highest BCUT2D eigenvalue weighted by molar-refractivity contribution is 7.26. The Kier molecular flexibility index (Phi) is 7.62. The van der Waals surface area contributed by atoms with Gasteiger partial charge in [-0.3, -0.25) is 0 Å². The van der Waals surface area contributed by atoms with Crippen LogP contribution in [0.4, 0.5) is 17.1 Å². The van der Waals surface area contributed by atoms with E-state index in [-0.39, 0.29) is 0 Å². The summed E-state index contributed by atoms with van der Waals surface area (Å²) in [6, 6.07) is 75.6. The summed E-state index contributed by atoms with van der Waals surface area (Å²) in [4.78, 5) is 2.49. The fraction of sp³-hybridized carbons (Fsp3) is 0. The lowest BCUT2D eigenvalue weighted by atomic mass is 10.00. The molecule has 0 aliphatic heterocycles. The smallest absolute Gasteiger partial charge is 0.0555 e. The van der Waals surface area contributed by atoms with Crippen molar-refractivity contribution in [1.29, 1.82) is 0 Å². The Morgan fingerprint density at radius 2 is 0.983 bits per heavy atom. The Labute approximate surface area is 343 Å². The number of nitrogens with zero attached hydrogens (tertiary/aromatic N) is 2. The average Bonchev–Trinajstić information content (AvgIpc) is 3.97. The third kappa shape index (κ3) is 5.23. The minimum absolute atomic E-state index is 1.11. The zero-order valence-corrected chi connectivity index (χ0v) is 33.0. The van der Waals surface area contributed by atoms with Crippen molar-refractivity contribution in [3.05, 3.63) is 206 Å². The van der Waals surface area contributed by atoms with E-state index in [1.165, 1.54) is 90.1 Å². The van der Waals surface area contributed by atoms with Crippen LogP contribution in [0.25, 0.3) is 90.1 Å². The van der Waals surface area contributed by atoms with Crippen LogP contribution in [-0.2, 0) is 0 Å². The zero-order chi connectivity index (χ0) is 38.2. The minimum Gasteiger partial charge on any atom is -0.310 e. The van der Waals surface area contributed by atoms with Gasteiger partial charge in [0, 0.05) is 68.2 Å². The van der Waals surface area contributed by atoms with Crippen LogP contribution in [0.1, 0.15) is 0 Å². The first kappa shape index (κ1) is 33.2. The monoisotopic (exact) mass is 774 g/mol. The quantitative estimate of drug-likeness (QED) is 0.163. The van der Waals surface area contributed by atoms with E-state index in [1.807, 2.05) is 22.7 Å². The van der Waals surface area contributed by atoms with Crippen molar-refractivity contribution >= 4 is 102 Å². The van der Waals surface area contributed by atoms with Gasteiger partial charge in [-0.15, -0.1) is 22.7 Å².